The molecule has 0 spiro atoms. The van der Waals surface area contributed by atoms with Crippen LogP contribution in [0.4, 0.5) is 5.69 Å². The lowest BCUT2D eigenvalue weighted by atomic mass is 9.82. The quantitative estimate of drug-likeness (QED) is 0.907. The minimum atomic E-state index is -0.842. The van der Waals surface area contributed by atoms with Crippen molar-refractivity contribution >= 4 is 11.6 Å². The molecule has 4 heteroatoms. The molecule has 1 aromatic carbocycles. The van der Waals surface area contributed by atoms with Crippen molar-refractivity contribution < 1.29 is 9.53 Å². The van der Waals surface area contributed by atoms with Crippen LogP contribution in [0.3, 0.4) is 0 Å². The number of hydrogen-bond donors (Lipinski definition) is 1. The summed E-state index contributed by atoms with van der Waals surface area (Å²) in [6, 6.07) is 5.89. The lowest BCUT2D eigenvalue weighted by Crippen LogP contribution is -2.54. The lowest BCUT2D eigenvalue weighted by molar-refractivity contribution is -0.133. The summed E-state index contributed by atoms with van der Waals surface area (Å²) in [6.45, 7) is 14.0. The van der Waals surface area contributed by atoms with E-state index in [-0.39, 0.29) is 23.4 Å². The van der Waals surface area contributed by atoms with E-state index in [1.54, 1.807) is 0 Å². The van der Waals surface area contributed by atoms with Crippen molar-refractivity contribution in [3.63, 3.8) is 0 Å². The predicted octanol–water partition coefficient (Wildman–Crippen LogP) is 3.64. The number of carbonyl (C=O) groups excluding carboxylic acids is 1. The first-order chi connectivity index (χ1) is 9.95. The van der Waals surface area contributed by atoms with E-state index in [4.69, 9.17) is 10.5 Å². The highest BCUT2D eigenvalue weighted by Crippen LogP contribution is 2.42. The Hall–Kier alpha value is -1.55. The van der Waals surface area contributed by atoms with E-state index >= 15 is 0 Å². The Morgan fingerprint density at radius 3 is 2.32 bits per heavy atom. The molecule has 2 N–H and O–H groups in total. The Labute approximate surface area is 133 Å². The van der Waals surface area contributed by atoms with Gasteiger partial charge in [0.1, 0.15) is 5.75 Å². The molecular weight excluding hydrogens is 276 g/mol. The minimum absolute atomic E-state index is 0.0171. The molecule has 0 saturated carbocycles. The maximum Gasteiger partial charge on any atom is 0.270 e. The van der Waals surface area contributed by atoms with Crippen molar-refractivity contribution in [2.45, 2.75) is 66.2 Å². The Bertz CT molecular complexity index is 585. The molecule has 1 heterocycles. The second-order valence-corrected chi connectivity index (χ2v) is 7.95. The highest BCUT2D eigenvalue weighted by atomic mass is 16.5. The maximum atomic E-state index is 12.7. The zero-order valence-corrected chi connectivity index (χ0v) is 14.7. The maximum absolute atomic E-state index is 12.7. The first-order valence-corrected chi connectivity index (χ1v) is 7.87. The van der Waals surface area contributed by atoms with Crippen molar-refractivity contribution in [1.29, 1.82) is 0 Å². The van der Waals surface area contributed by atoms with E-state index in [0.29, 0.717) is 0 Å². The SMILES string of the molecule is CC(C)N1C(=O)C(C)(C)Oc2ccc(C(N)C(C)(C)C)cc21. The molecule has 0 radical (unpaired) electrons. The minimum Gasteiger partial charge on any atom is -0.476 e. The van der Waals surface area contributed by atoms with Gasteiger partial charge in [-0.25, -0.2) is 0 Å². The van der Waals surface area contributed by atoms with Gasteiger partial charge in [0.15, 0.2) is 5.60 Å². The standard InChI is InChI=1S/C18H28N2O2/c1-11(2)20-13-10-12(15(19)17(3,4)5)8-9-14(13)22-18(6,7)16(20)21/h8-11,15H,19H2,1-7H3. The number of benzene rings is 1. The van der Waals surface area contributed by atoms with Gasteiger partial charge >= 0.3 is 0 Å². The number of hydrogen-bond acceptors (Lipinski definition) is 3. The van der Waals surface area contributed by atoms with E-state index in [0.717, 1.165) is 17.0 Å². The summed E-state index contributed by atoms with van der Waals surface area (Å²) in [5.41, 5.74) is 7.32. The monoisotopic (exact) mass is 304 g/mol. The fourth-order valence-corrected chi connectivity index (χ4v) is 2.73. The molecule has 0 bridgehead atoms. The molecule has 1 aliphatic rings. The number of anilines is 1. The van der Waals surface area contributed by atoms with Crippen LogP contribution in [0.15, 0.2) is 18.2 Å². The molecule has 2 rings (SSSR count). The third-order valence-corrected chi connectivity index (χ3v) is 4.15. The molecule has 1 amide bonds. The molecule has 0 aliphatic carbocycles. The van der Waals surface area contributed by atoms with E-state index in [1.165, 1.54) is 0 Å². The van der Waals surface area contributed by atoms with Gasteiger partial charge in [-0.3, -0.25) is 4.79 Å². The molecule has 122 valence electrons. The normalized spacial score (nSPS) is 19.0. The molecule has 4 nitrogen and oxygen atoms in total. The van der Waals surface area contributed by atoms with Gasteiger partial charge in [0.25, 0.3) is 5.91 Å². The number of amides is 1. The van der Waals surface area contributed by atoms with Crippen molar-refractivity contribution in [2.75, 3.05) is 4.90 Å². The fourth-order valence-electron chi connectivity index (χ4n) is 2.73. The molecule has 1 atom stereocenters. The zero-order valence-electron chi connectivity index (χ0n) is 14.7. The first kappa shape index (κ1) is 16.8. The number of ether oxygens (including phenoxy) is 1. The van der Waals surface area contributed by atoms with Crippen LogP contribution in [0.25, 0.3) is 0 Å². The summed E-state index contributed by atoms with van der Waals surface area (Å²) in [5, 5.41) is 0. The van der Waals surface area contributed by atoms with Crippen LogP contribution in [-0.2, 0) is 4.79 Å². The summed E-state index contributed by atoms with van der Waals surface area (Å²) in [4.78, 5) is 14.5. The highest BCUT2D eigenvalue weighted by molar-refractivity contribution is 6.02. The molecule has 0 saturated heterocycles. The van der Waals surface area contributed by atoms with Crippen molar-refractivity contribution in [1.82, 2.24) is 0 Å². The third-order valence-electron chi connectivity index (χ3n) is 4.15. The number of rotatable bonds is 2. The fraction of sp³-hybridized carbons (Fsp3) is 0.611. The van der Waals surface area contributed by atoms with Gasteiger partial charge in [-0.15, -0.1) is 0 Å². The van der Waals surface area contributed by atoms with Crippen LogP contribution in [0, 0.1) is 5.41 Å². The molecule has 1 unspecified atom stereocenters. The van der Waals surface area contributed by atoms with Crippen LogP contribution >= 0.6 is 0 Å². The van der Waals surface area contributed by atoms with Crippen molar-refractivity contribution in [2.24, 2.45) is 11.1 Å². The van der Waals surface area contributed by atoms with Crippen LogP contribution in [0.5, 0.6) is 5.75 Å². The van der Waals surface area contributed by atoms with Gasteiger partial charge in [-0.2, -0.15) is 0 Å². The average Bonchev–Trinajstić information content (AvgIpc) is 2.37. The van der Waals surface area contributed by atoms with Crippen LogP contribution in [0.2, 0.25) is 0 Å². The van der Waals surface area contributed by atoms with Crippen LogP contribution < -0.4 is 15.4 Å². The summed E-state index contributed by atoms with van der Waals surface area (Å²) >= 11 is 0. The Balaban J connectivity index is 2.54. The summed E-state index contributed by atoms with van der Waals surface area (Å²) in [5.74, 6) is 0.722. The highest BCUT2D eigenvalue weighted by Gasteiger charge is 2.42. The number of carbonyl (C=O) groups is 1. The van der Waals surface area contributed by atoms with E-state index < -0.39 is 5.60 Å². The Kier molecular flexibility index (Phi) is 4.03. The third kappa shape index (κ3) is 2.84. The largest absolute Gasteiger partial charge is 0.476 e. The molecule has 0 fully saturated rings. The van der Waals surface area contributed by atoms with Gasteiger partial charge in [0.2, 0.25) is 0 Å². The van der Waals surface area contributed by atoms with E-state index in [1.807, 2.05) is 50.8 Å². The van der Waals surface area contributed by atoms with Gasteiger partial charge in [0.05, 0.1) is 5.69 Å². The predicted molar refractivity (Wildman–Crippen MR) is 90.2 cm³/mol. The average molecular weight is 304 g/mol. The first-order valence-electron chi connectivity index (χ1n) is 7.87. The smallest absolute Gasteiger partial charge is 0.270 e. The lowest BCUT2D eigenvalue weighted by Gasteiger charge is -2.41. The molecular formula is C18H28N2O2. The van der Waals surface area contributed by atoms with Gasteiger partial charge < -0.3 is 15.4 Å². The molecule has 22 heavy (non-hydrogen) atoms. The number of nitrogens with zero attached hydrogens (tertiary/aromatic N) is 1. The number of fused-ring (bicyclic) bond motifs is 1. The summed E-state index contributed by atoms with van der Waals surface area (Å²) in [7, 11) is 0. The Morgan fingerprint density at radius 1 is 1.23 bits per heavy atom. The van der Waals surface area contributed by atoms with Gasteiger partial charge in [0, 0.05) is 12.1 Å². The topological polar surface area (TPSA) is 55.6 Å². The zero-order chi connectivity index (χ0) is 16.9. The molecule has 1 aromatic rings. The van der Waals surface area contributed by atoms with Gasteiger partial charge in [-0.05, 0) is 50.8 Å². The summed E-state index contributed by atoms with van der Waals surface area (Å²) < 4.78 is 5.90. The Morgan fingerprint density at radius 2 is 1.82 bits per heavy atom. The molecule has 0 aromatic heterocycles. The van der Waals surface area contributed by atoms with E-state index in [2.05, 4.69) is 20.8 Å². The van der Waals surface area contributed by atoms with Gasteiger partial charge in [-0.1, -0.05) is 26.8 Å². The van der Waals surface area contributed by atoms with Crippen molar-refractivity contribution in [3.8, 4) is 5.75 Å². The second kappa shape index (κ2) is 5.27. The van der Waals surface area contributed by atoms with Crippen LogP contribution in [0.1, 0.15) is 60.1 Å². The van der Waals surface area contributed by atoms with Crippen molar-refractivity contribution in [3.05, 3.63) is 23.8 Å². The second-order valence-electron chi connectivity index (χ2n) is 7.95. The summed E-state index contributed by atoms with van der Waals surface area (Å²) in [6.07, 6.45) is 0. The number of nitrogens with two attached hydrogens (primary N) is 1. The molecule has 1 aliphatic heterocycles. The van der Waals surface area contributed by atoms with E-state index in [9.17, 15) is 4.79 Å². The van der Waals surface area contributed by atoms with Crippen LogP contribution in [-0.4, -0.2) is 17.6 Å².